The number of halogens is 2. The van der Waals surface area contributed by atoms with Gasteiger partial charge < -0.3 is 19.1 Å². The summed E-state index contributed by atoms with van der Waals surface area (Å²) in [5, 5.41) is 1.08. The molecule has 1 aromatic heterocycles. The number of hydrogen-bond acceptors (Lipinski definition) is 6. The first kappa shape index (κ1) is 37.0. The van der Waals surface area contributed by atoms with Gasteiger partial charge in [-0.05, 0) is 78.6 Å². The van der Waals surface area contributed by atoms with Crippen molar-refractivity contribution in [2.45, 2.75) is 39.8 Å². The van der Waals surface area contributed by atoms with Gasteiger partial charge in [-0.25, -0.2) is 4.98 Å². The van der Waals surface area contributed by atoms with Crippen molar-refractivity contribution in [2.24, 2.45) is 0 Å². The number of hydrogen-bond donors (Lipinski definition) is 0. The highest BCUT2D eigenvalue weighted by molar-refractivity contribution is 6.32. The number of ether oxygens (including phenoxy) is 3. The molecule has 1 fully saturated rings. The molecule has 1 unspecified atom stereocenters. The molecule has 0 saturated carbocycles. The molecule has 0 aliphatic carbocycles. The van der Waals surface area contributed by atoms with Crippen LogP contribution in [0.3, 0.4) is 0 Å². The van der Waals surface area contributed by atoms with Crippen molar-refractivity contribution < 1.29 is 19.0 Å². The number of nitrogens with zero attached hydrogens (tertiary/aromatic N) is 3. The van der Waals surface area contributed by atoms with Crippen LogP contribution < -0.4 is 14.2 Å². The first-order chi connectivity index (χ1) is 25.2. The number of rotatable bonds is 13. The molecule has 1 atom stereocenters. The average molecular weight is 737 g/mol. The smallest absolute Gasteiger partial charge is 0.246 e. The van der Waals surface area contributed by atoms with Crippen molar-refractivity contribution in [2.75, 3.05) is 32.8 Å². The molecule has 6 rings (SSSR count). The van der Waals surface area contributed by atoms with E-state index in [-0.39, 0.29) is 11.8 Å². The van der Waals surface area contributed by atoms with E-state index in [1.54, 1.807) is 36.5 Å². The molecule has 1 saturated heterocycles. The maximum atomic E-state index is 13.1. The van der Waals surface area contributed by atoms with Crippen LogP contribution >= 0.6 is 23.2 Å². The number of carbonyl (C=O) groups excluding carboxylic acids is 1. The van der Waals surface area contributed by atoms with E-state index in [1.165, 1.54) is 16.7 Å². The van der Waals surface area contributed by atoms with Crippen LogP contribution in [0.1, 0.15) is 46.2 Å². The zero-order valence-corrected chi connectivity index (χ0v) is 31.2. The van der Waals surface area contributed by atoms with E-state index < -0.39 is 0 Å². The van der Waals surface area contributed by atoms with Gasteiger partial charge in [0.05, 0.1) is 17.8 Å². The number of pyridine rings is 1. The van der Waals surface area contributed by atoms with Gasteiger partial charge >= 0.3 is 0 Å². The van der Waals surface area contributed by atoms with E-state index in [1.807, 2.05) is 54.3 Å². The minimum atomic E-state index is -0.0130. The average Bonchev–Trinajstić information content (AvgIpc) is 3.16. The third-order valence-corrected chi connectivity index (χ3v) is 9.75. The van der Waals surface area contributed by atoms with Gasteiger partial charge in [0, 0.05) is 61.4 Å². The predicted molar refractivity (Wildman–Crippen MR) is 209 cm³/mol. The number of aromatic nitrogens is 1. The van der Waals surface area contributed by atoms with E-state index in [0.717, 1.165) is 42.1 Å². The molecule has 5 aromatic rings. The Hall–Kier alpha value is -4.82. The molecular formula is C43H43Cl2N3O4. The molecule has 7 nitrogen and oxygen atoms in total. The van der Waals surface area contributed by atoms with Crippen molar-refractivity contribution in [3.8, 4) is 23.1 Å². The molecule has 0 radical (unpaired) electrons. The van der Waals surface area contributed by atoms with Crippen LogP contribution in [-0.2, 0) is 17.9 Å². The van der Waals surface area contributed by atoms with E-state index in [0.29, 0.717) is 53.7 Å². The van der Waals surface area contributed by atoms with Crippen LogP contribution in [-0.4, -0.2) is 53.5 Å². The lowest BCUT2D eigenvalue weighted by molar-refractivity contribution is -0.127. The first-order valence-corrected chi connectivity index (χ1v) is 18.2. The molecule has 1 aliphatic heterocycles. The highest BCUT2D eigenvalue weighted by atomic mass is 35.5. The summed E-state index contributed by atoms with van der Waals surface area (Å²) < 4.78 is 17.8. The number of piperazine rings is 1. The Kier molecular flexibility index (Phi) is 12.5. The topological polar surface area (TPSA) is 64.1 Å². The largest absolute Gasteiger partial charge is 0.493 e. The van der Waals surface area contributed by atoms with Crippen molar-refractivity contribution in [1.29, 1.82) is 0 Å². The third-order valence-electron chi connectivity index (χ3n) is 9.10. The fourth-order valence-corrected chi connectivity index (χ4v) is 6.44. The molecule has 2 heterocycles. The van der Waals surface area contributed by atoms with Crippen molar-refractivity contribution in [3.05, 3.63) is 153 Å². The normalized spacial score (nSPS) is 14.0. The lowest BCUT2D eigenvalue weighted by Crippen LogP contribution is -2.47. The summed E-state index contributed by atoms with van der Waals surface area (Å²) in [6.45, 7) is 11.0. The summed E-state index contributed by atoms with van der Waals surface area (Å²) in [5.74, 6) is 2.67. The summed E-state index contributed by atoms with van der Waals surface area (Å²) in [6, 6.07) is 31.8. The van der Waals surface area contributed by atoms with E-state index >= 15 is 0 Å². The van der Waals surface area contributed by atoms with E-state index in [9.17, 15) is 4.79 Å². The minimum absolute atomic E-state index is 0.0130. The van der Waals surface area contributed by atoms with E-state index in [4.69, 9.17) is 37.4 Å². The Morgan fingerprint density at radius 2 is 1.58 bits per heavy atom. The second-order valence-corrected chi connectivity index (χ2v) is 14.0. The van der Waals surface area contributed by atoms with Gasteiger partial charge in [-0.1, -0.05) is 90.3 Å². The van der Waals surface area contributed by atoms with Crippen LogP contribution in [0.5, 0.6) is 23.1 Å². The Balaban J connectivity index is 0.944. The van der Waals surface area contributed by atoms with E-state index in [2.05, 4.69) is 60.1 Å². The molecule has 0 bridgehead atoms. The summed E-state index contributed by atoms with van der Waals surface area (Å²) in [6.07, 6.45) is 5.02. The Morgan fingerprint density at radius 1 is 0.846 bits per heavy atom. The monoisotopic (exact) mass is 735 g/mol. The quantitative estimate of drug-likeness (QED) is 0.112. The number of aryl methyl sites for hydroxylation is 2. The van der Waals surface area contributed by atoms with Crippen molar-refractivity contribution in [1.82, 2.24) is 14.8 Å². The van der Waals surface area contributed by atoms with Gasteiger partial charge in [0.25, 0.3) is 0 Å². The van der Waals surface area contributed by atoms with Gasteiger partial charge in [-0.2, -0.15) is 0 Å². The van der Waals surface area contributed by atoms with Gasteiger partial charge in [0.2, 0.25) is 11.8 Å². The molecule has 0 spiro atoms. The van der Waals surface area contributed by atoms with Crippen molar-refractivity contribution in [3.63, 3.8) is 0 Å². The van der Waals surface area contributed by atoms with Gasteiger partial charge in [0.1, 0.15) is 18.1 Å². The van der Waals surface area contributed by atoms with Gasteiger partial charge in [-0.3, -0.25) is 9.69 Å². The molecule has 268 valence electrons. The standard InChI is InChI=1S/C43H43Cl2N3O4/c1-30-8-15-37(16-9-30)50-28-32(3)35-13-10-33(11-14-35)27-47-20-22-48(23-21-47)42(49)19-12-34-24-31(2)43(40(45)25-34)52-41-18-17-38(26-46-41)51-29-36-6-4-5-7-39(36)44/h4-19,24-26,32H,20-23,27-29H2,1-3H3/b19-12+. The van der Waals surface area contributed by atoms with Crippen LogP contribution in [0.4, 0.5) is 0 Å². The van der Waals surface area contributed by atoms with Crippen LogP contribution in [0, 0.1) is 13.8 Å². The second-order valence-electron chi connectivity index (χ2n) is 13.2. The number of benzene rings is 4. The highest BCUT2D eigenvalue weighted by Crippen LogP contribution is 2.34. The lowest BCUT2D eigenvalue weighted by Gasteiger charge is -2.34. The summed E-state index contributed by atoms with van der Waals surface area (Å²) in [5.41, 5.74) is 6.29. The molecule has 9 heteroatoms. The lowest BCUT2D eigenvalue weighted by atomic mass is 10.0. The molecular weight excluding hydrogens is 693 g/mol. The predicted octanol–water partition coefficient (Wildman–Crippen LogP) is 9.92. The zero-order chi connectivity index (χ0) is 36.5. The summed E-state index contributed by atoms with van der Waals surface area (Å²) in [7, 11) is 0. The van der Waals surface area contributed by atoms with Gasteiger partial charge in [-0.15, -0.1) is 0 Å². The highest BCUT2D eigenvalue weighted by Gasteiger charge is 2.20. The maximum Gasteiger partial charge on any atom is 0.246 e. The Morgan fingerprint density at radius 3 is 2.27 bits per heavy atom. The SMILES string of the molecule is Cc1ccc(OCC(C)c2ccc(CN3CCN(C(=O)/C=C/c4cc(C)c(Oc5ccc(OCc6ccccc6Cl)cn5)c(Cl)c4)CC3)cc2)cc1. The first-order valence-electron chi connectivity index (χ1n) is 17.5. The molecule has 0 N–H and O–H groups in total. The van der Waals surface area contributed by atoms with Crippen LogP contribution in [0.15, 0.2) is 109 Å². The van der Waals surface area contributed by atoms with Crippen molar-refractivity contribution >= 4 is 35.2 Å². The third kappa shape index (κ3) is 10.2. The zero-order valence-electron chi connectivity index (χ0n) is 29.7. The molecule has 1 aliphatic rings. The Bertz CT molecular complexity index is 1950. The second kappa shape index (κ2) is 17.6. The number of carbonyl (C=O) groups is 1. The minimum Gasteiger partial charge on any atom is -0.493 e. The fraction of sp³-hybridized carbons (Fsp3) is 0.256. The van der Waals surface area contributed by atoms with Crippen LogP contribution in [0.2, 0.25) is 10.0 Å². The summed E-state index contributed by atoms with van der Waals surface area (Å²) >= 11 is 12.8. The summed E-state index contributed by atoms with van der Waals surface area (Å²) in [4.78, 5) is 21.7. The molecule has 52 heavy (non-hydrogen) atoms. The number of amides is 1. The Labute approximate surface area is 316 Å². The fourth-order valence-electron chi connectivity index (χ4n) is 5.94. The maximum absolute atomic E-state index is 13.1. The van der Waals surface area contributed by atoms with Crippen LogP contribution in [0.25, 0.3) is 6.08 Å². The molecule has 4 aromatic carbocycles. The van der Waals surface area contributed by atoms with Gasteiger partial charge in [0.15, 0.2) is 5.75 Å². The molecule has 1 amide bonds.